The van der Waals surface area contributed by atoms with E-state index in [1.807, 2.05) is 30.3 Å². The van der Waals surface area contributed by atoms with Crippen molar-refractivity contribution in [3.8, 4) is 0 Å². The summed E-state index contributed by atoms with van der Waals surface area (Å²) in [6.45, 7) is 26.8. The van der Waals surface area contributed by atoms with Gasteiger partial charge in [-0.3, -0.25) is 0 Å². The van der Waals surface area contributed by atoms with Crippen molar-refractivity contribution in [3.05, 3.63) is 56.3 Å². The average molecular weight is 669 g/mol. The molecule has 0 N–H and O–H groups in total. The van der Waals surface area contributed by atoms with E-state index in [9.17, 15) is 5.41 Å². The maximum absolute atomic E-state index is 10.0. The average Bonchev–Trinajstić information content (AvgIpc) is 2.78. The number of hydrogen-bond acceptors (Lipinski definition) is 1. The van der Waals surface area contributed by atoms with Crippen LogP contribution in [0.2, 0.25) is 58.9 Å². The van der Waals surface area contributed by atoms with Crippen molar-refractivity contribution in [2.24, 2.45) is 0 Å². The van der Waals surface area contributed by atoms with Crippen molar-refractivity contribution >= 4 is 38.7 Å². The van der Waals surface area contributed by atoms with Crippen LogP contribution >= 0.6 is 8.58 Å². The third kappa shape index (κ3) is 22.4. The molecule has 0 spiro atoms. The van der Waals surface area contributed by atoms with Gasteiger partial charge in [-0.2, -0.15) is 5.45 Å². The van der Waals surface area contributed by atoms with Crippen LogP contribution in [0, 0.1) is 0 Å². The van der Waals surface area contributed by atoms with E-state index in [4.69, 9.17) is 14.9 Å². The van der Waals surface area contributed by atoms with Crippen molar-refractivity contribution in [2.45, 2.75) is 96.7 Å². The van der Waals surface area contributed by atoms with Gasteiger partial charge >= 0.3 is 26.2 Å². The van der Waals surface area contributed by atoms with Gasteiger partial charge < -0.3 is 25.3 Å². The third-order valence-electron chi connectivity index (χ3n) is 6.00. The minimum Gasteiger partial charge on any atom is -0.803 e. The first-order valence-corrected chi connectivity index (χ1v) is 25.7. The molecule has 1 atom stereocenters. The normalized spacial score (nSPS) is 15.3. The minimum atomic E-state index is -1.28. The van der Waals surface area contributed by atoms with E-state index < -0.39 is 24.7 Å². The fourth-order valence-corrected chi connectivity index (χ4v) is 7.76. The molecule has 1 unspecified atom stereocenters. The van der Waals surface area contributed by atoms with E-state index >= 15 is 0 Å². The van der Waals surface area contributed by atoms with Crippen molar-refractivity contribution in [3.63, 3.8) is 0 Å². The topological polar surface area (TPSA) is 67.8 Å². The molecule has 5 nitrogen and oxygen atoms in total. The van der Waals surface area contributed by atoms with Gasteiger partial charge in [-0.25, -0.2) is 0 Å². The number of rotatable bonds is 15. The Morgan fingerprint density at radius 2 is 1.13 bits per heavy atom. The van der Waals surface area contributed by atoms with Crippen LogP contribution in [0.4, 0.5) is 0 Å². The fourth-order valence-electron chi connectivity index (χ4n) is 4.04. The molecule has 1 saturated carbocycles. The first kappa shape index (κ1) is 38.7. The van der Waals surface area contributed by atoms with E-state index in [0.717, 1.165) is 50.5 Å². The molecule has 0 bridgehead atoms. The molecule has 1 aliphatic carbocycles. The molecular weight excluding hydrogens is 613 g/mol. The zero-order chi connectivity index (χ0) is 28.0. The van der Waals surface area contributed by atoms with E-state index in [1.54, 1.807) is 0 Å². The van der Waals surface area contributed by atoms with Gasteiger partial charge in [0, 0.05) is 0 Å². The summed E-state index contributed by atoms with van der Waals surface area (Å²) in [5.74, 6) is 0. The second kappa shape index (κ2) is 19.7. The van der Waals surface area contributed by atoms with Crippen LogP contribution in [-0.2, 0) is 26.2 Å². The van der Waals surface area contributed by atoms with Gasteiger partial charge in [-0.05, 0) is 43.7 Å². The van der Waals surface area contributed by atoms with Crippen LogP contribution in [-0.4, -0.2) is 80.0 Å². The third-order valence-corrected chi connectivity index (χ3v) is 11.1. The molecule has 0 radical (unpaired) electrons. The van der Waals surface area contributed by atoms with Gasteiger partial charge in [0.15, 0.2) is 0 Å². The standard InChI is InChI=1S/C15H39N4Si3.C13H17NP.Zr/c1-20(2,3)16-10-13-19(14-11-17-21(4,5)6)15-12-18-22(7,8)9;14-13(11-7-3-1-4-8-11)15-12-9-5-2-6-10-12;/h10-15H2,1-9H3;1,3-4,7-8,12,15H,2,5-6,9-10H2;/q-3;-1;+4. The summed E-state index contributed by atoms with van der Waals surface area (Å²) in [6, 6.07) is 9.94. The maximum atomic E-state index is 10.0. The molecule has 38 heavy (non-hydrogen) atoms. The summed E-state index contributed by atoms with van der Waals surface area (Å²) in [7, 11) is -3.24. The maximum Gasteiger partial charge on any atom is 4.00 e. The van der Waals surface area contributed by atoms with Crippen molar-refractivity contribution in [1.82, 2.24) is 4.90 Å². The van der Waals surface area contributed by atoms with E-state index in [-0.39, 0.29) is 26.2 Å². The van der Waals surface area contributed by atoms with Gasteiger partial charge in [0.1, 0.15) is 0 Å². The largest absolute Gasteiger partial charge is 4.00 e. The quantitative estimate of drug-likeness (QED) is 0.105. The van der Waals surface area contributed by atoms with Crippen LogP contribution in [0.25, 0.3) is 20.4 Å². The molecule has 1 aromatic carbocycles. The second-order valence-electron chi connectivity index (χ2n) is 13.2. The monoisotopic (exact) mass is 667 g/mol. The summed E-state index contributed by atoms with van der Waals surface area (Å²) in [5.41, 5.74) is 2.34. The summed E-state index contributed by atoms with van der Waals surface area (Å²) in [6.07, 6.45) is 6.68. The van der Waals surface area contributed by atoms with E-state index in [2.05, 4.69) is 63.8 Å². The van der Waals surface area contributed by atoms with Crippen LogP contribution in [0.1, 0.15) is 37.7 Å². The molecule has 214 valence electrons. The number of hydrogen-bond donors (Lipinski definition) is 0. The summed E-state index contributed by atoms with van der Waals surface area (Å²) in [5, 5.41) is 10.0. The molecule has 2 rings (SSSR count). The first-order valence-electron chi connectivity index (χ1n) is 14.3. The van der Waals surface area contributed by atoms with Crippen LogP contribution in [0.15, 0.2) is 30.3 Å². The van der Waals surface area contributed by atoms with Gasteiger partial charge in [0.25, 0.3) is 0 Å². The van der Waals surface area contributed by atoms with Crippen LogP contribution < -0.4 is 0 Å². The Balaban J connectivity index is 0.000000743. The minimum absolute atomic E-state index is 0. The Morgan fingerprint density at radius 1 is 0.737 bits per heavy atom. The predicted octanol–water partition coefficient (Wildman–Crippen LogP) is 8.93. The van der Waals surface area contributed by atoms with Crippen molar-refractivity contribution in [2.75, 3.05) is 39.3 Å². The van der Waals surface area contributed by atoms with Crippen molar-refractivity contribution < 1.29 is 26.2 Å². The SMILES string of the molecule is C[Si](C)(C)[N-]CCN(CC[N-][Si](C)(C)C)CC[N-][Si](C)(C)C.[N-]=C(PC1CCCCC1)c1ccccc1.[Zr+4]. The van der Waals surface area contributed by atoms with E-state index in [1.165, 1.54) is 32.1 Å². The number of nitrogens with zero attached hydrogens (tertiary/aromatic N) is 5. The molecule has 10 heteroatoms. The first-order chi connectivity index (χ1) is 17.1. The molecule has 1 aliphatic rings. The number of benzene rings is 1. The van der Waals surface area contributed by atoms with Crippen LogP contribution in [0.5, 0.6) is 0 Å². The molecule has 1 aromatic rings. The summed E-state index contributed by atoms with van der Waals surface area (Å²) < 4.78 is 0. The van der Waals surface area contributed by atoms with Gasteiger partial charge in [-0.15, -0.1) is 28.2 Å². The Bertz CT molecular complexity index is 698. The zero-order valence-corrected chi connectivity index (χ0v) is 32.4. The smallest absolute Gasteiger partial charge is 0.803 e. The molecule has 0 heterocycles. The van der Waals surface area contributed by atoms with Crippen LogP contribution in [0.3, 0.4) is 0 Å². The Hall–Kier alpha value is 0.694. The fraction of sp³-hybridized carbons (Fsp3) is 0.750. The Morgan fingerprint density at radius 3 is 1.50 bits per heavy atom. The molecule has 0 amide bonds. The Labute approximate surface area is 260 Å². The summed E-state index contributed by atoms with van der Waals surface area (Å²) >= 11 is 0. The zero-order valence-electron chi connectivity index (χ0n) is 26.0. The second-order valence-corrected chi connectivity index (χ2v) is 28.7. The van der Waals surface area contributed by atoms with Crippen molar-refractivity contribution in [1.29, 1.82) is 0 Å². The molecule has 1 fully saturated rings. The predicted molar refractivity (Wildman–Crippen MR) is 180 cm³/mol. The Kier molecular flexibility index (Phi) is 20.1. The molecule has 0 aliphatic heterocycles. The van der Waals surface area contributed by atoms with E-state index in [0.29, 0.717) is 14.0 Å². The summed E-state index contributed by atoms with van der Waals surface area (Å²) in [4.78, 5) is 17.1. The molecule has 0 aromatic heterocycles. The van der Waals surface area contributed by atoms with Gasteiger partial charge in [0.2, 0.25) is 0 Å². The van der Waals surface area contributed by atoms with Gasteiger partial charge in [-0.1, -0.05) is 133 Å². The molecular formula is C28H56N5PSi3Zr. The van der Waals surface area contributed by atoms with Gasteiger partial charge in [0.05, 0.1) is 0 Å². The molecule has 0 saturated heterocycles.